The molecule has 4 nitrogen and oxygen atoms in total. The lowest BCUT2D eigenvalue weighted by molar-refractivity contribution is -0.145. The Labute approximate surface area is 112 Å². The molecule has 1 heterocycles. The van der Waals surface area contributed by atoms with Gasteiger partial charge in [0.1, 0.15) is 0 Å². The Morgan fingerprint density at radius 2 is 2.32 bits per heavy atom. The molecule has 0 N–H and O–H groups in total. The van der Waals surface area contributed by atoms with Crippen LogP contribution in [0.1, 0.15) is 48.5 Å². The first kappa shape index (κ1) is 13.6. The standard InChI is InChI=1S/C15H18O4/c1-3-10(2)11-5-4-6-12(9-11)14(16)19-13-7-8-18-15(13)17/h4-6,9-10,13H,3,7-8H2,1-2H3. The third kappa shape index (κ3) is 3.13. The summed E-state index contributed by atoms with van der Waals surface area (Å²) in [6.45, 7) is 4.53. The van der Waals surface area contributed by atoms with Gasteiger partial charge in [-0.1, -0.05) is 26.0 Å². The summed E-state index contributed by atoms with van der Waals surface area (Å²) in [6, 6.07) is 7.37. The third-order valence-corrected chi connectivity index (χ3v) is 3.44. The number of carbonyl (C=O) groups excluding carboxylic acids is 2. The molecular formula is C15H18O4. The topological polar surface area (TPSA) is 52.6 Å². The molecule has 2 unspecified atom stereocenters. The summed E-state index contributed by atoms with van der Waals surface area (Å²) in [5, 5.41) is 0. The molecule has 1 saturated heterocycles. The average Bonchev–Trinajstić information content (AvgIpc) is 2.83. The molecule has 0 bridgehead atoms. The van der Waals surface area contributed by atoms with E-state index in [2.05, 4.69) is 13.8 Å². The van der Waals surface area contributed by atoms with Crippen molar-refractivity contribution in [3.05, 3.63) is 35.4 Å². The van der Waals surface area contributed by atoms with Gasteiger partial charge in [-0.2, -0.15) is 0 Å². The summed E-state index contributed by atoms with van der Waals surface area (Å²) >= 11 is 0. The van der Waals surface area contributed by atoms with Gasteiger partial charge >= 0.3 is 11.9 Å². The van der Waals surface area contributed by atoms with Crippen LogP contribution >= 0.6 is 0 Å². The zero-order valence-electron chi connectivity index (χ0n) is 11.2. The van der Waals surface area contributed by atoms with Crippen molar-refractivity contribution in [1.82, 2.24) is 0 Å². The van der Waals surface area contributed by atoms with Crippen LogP contribution in [0.25, 0.3) is 0 Å². The van der Waals surface area contributed by atoms with Crippen molar-refractivity contribution in [2.24, 2.45) is 0 Å². The second-order valence-electron chi connectivity index (χ2n) is 4.78. The summed E-state index contributed by atoms with van der Waals surface area (Å²) in [5.41, 5.74) is 1.59. The Kier molecular flexibility index (Phi) is 4.20. The van der Waals surface area contributed by atoms with E-state index in [9.17, 15) is 9.59 Å². The van der Waals surface area contributed by atoms with Crippen molar-refractivity contribution in [3.63, 3.8) is 0 Å². The predicted octanol–water partition coefficient (Wildman–Crippen LogP) is 2.67. The van der Waals surface area contributed by atoms with Crippen LogP contribution in [0.5, 0.6) is 0 Å². The number of cyclic esters (lactones) is 1. The lowest BCUT2D eigenvalue weighted by Crippen LogP contribution is -2.22. The highest BCUT2D eigenvalue weighted by Gasteiger charge is 2.30. The van der Waals surface area contributed by atoms with Gasteiger partial charge in [0.05, 0.1) is 12.2 Å². The monoisotopic (exact) mass is 262 g/mol. The van der Waals surface area contributed by atoms with Crippen LogP contribution in [0, 0.1) is 0 Å². The fourth-order valence-electron chi connectivity index (χ4n) is 1.99. The Morgan fingerprint density at radius 1 is 1.53 bits per heavy atom. The van der Waals surface area contributed by atoms with Crippen LogP contribution in [0.15, 0.2) is 24.3 Å². The first-order valence-electron chi connectivity index (χ1n) is 6.59. The van der Waals surface area contributed by atoms with Crippen molar-refractivity contribution in [3.8, 4) is 0 Å². The molecule has 0 amide bonds. The normalized spacial score (nSPS) is 19.9. The molecule has 19 heavy (non-hydrogen) atoms. The van der Waals surface area contributed by atoms with E-state index in [1.54, 1.807) is 6.07 Å². The Balaban J connectivity index is 2.08. The summed E-state index contributed by atoms with van der Waals surface area (Å²) < 4.78 is 9.93. The van der Waals surface area contributed by atoms with E-state index in [1.165, 1.54) is 0 Å². The molecule has 4 heteroatoms. The minimum Gasteiger partial charge on any atom is -0.463 e. The Hall–Kier alpha value is -1.84. The van der Waals surface area contributed by atoms with E-state index >= 15 is 0 Å². The first-order chi connectivity index (χ1) is 9.11. The van der Waals surface area contributed by atoms with Gasteiger partial charge in [-0.3, -0.25) is 0 Å². The number of ether oxygens (including phenoxy) is 2. The van der Waals surface area contributed by atoms with Crippen molar-refractivity contribution in [2.45, 2.75) is 38.7 Å². The van der Waals surface area contributed by atoms with Crippen LogP contribution in [-0.2, 0) is 14.3 Å². The van der Waals surface area contributed by atoms with Crippen LogP contribution in [0.4, 0.5) is 0 Å². The summed E-state index contributed by atoms with van der Waals surface area (Å²) in [6.07, 6.45) is 0.697. The highest BCUT2D eigenvalue weighted by Crippen LogP contribution is 2.20. The Morgan fingerprint density at radius 3 is 2.95 bits per heavy atom. The maximum Gasteiger partial charge on any atom is 0.347 e. The van der Waals surface area contributed by atoms with Gasteiger partial charge in [-0.05, 0) is 30.0 Å². The lowest BCUT2D eigenvalue weighted by atomic mass is 9.97. The molecule has 0 radical (unpaired) electrons. The lowest BCUT2D eigenvalue weighted by Gasteiger charge is -2.12. The first-order valence-corrected chi connectivity index (χ1v) is 6.59. The van der Waals surface area contributed by atoms with E-state index in [0.717, 1.165) is 12.0 Å². The summed E-state index contributed by atoms with van der Waals surface area (Å²) in [7, 11) is 0. The van der Waals surface area contributed by atoms with Gasteiger partial charge in [0.15, 0.2) is 0 Å². The van der Waals surface area contributed by atoms with Gasteiger partial charge in [0.25, 0.3) is 0 Å². The minimum atomic E-state index is -0.750. The smallest absolute Gasteiger partial charge is 0.347 e. The highest BCUT2D eigenvalue weighted by atomic mass is 16.6. The van der Waals surface area contributed by atoms with Gasteiger partial charge in [-0.25, -0.2) is 9.59 Å². The van der Waals surface area contributed by atoms with E-state index in [0.29, 0.717) is 24.5 Å². The molecular weight excluding hydrogens is 244 g/mol. The fraction of sp³-hybridized carbons (Fsp3) is 0.467. The third-order valence-electron chi connectivity index (χ3n) is 3.44. The van der Waals surface area contributed by atoms with Crippen LogP contribution in [0.3, 0.4) is 0 Å². The van der Waals surface area contributed by atoms with Gasteiger partial charge in [0.2, 0.25) is 6.10 Å². The van der Waals surface area contributed by atoms with E-state index in [4.69, 9.17) is 9.47 Å². The number of rotatable bonds is 4. The quantitative estimate of drug-likeness (QED) is 0.783. The molecule has 2 rings (SSSR count). The molecule has 0 saturated carbocycles. The number of carbonyl (C=O) groups is 2. The van der Waals surface area contributed by atoms with E-state index in [1.807, 2.05) is 18.2 Å². The molecule has 1 aromatic rings. The maximum atomic E-state index is 12.0. The molecule has 2 atom stereocenters. The zero-order chi connectivity index (χ0) is 13.8. The number of benzene rings is 1. The average molecular weight is 262 g/mol. The van der Waals surface area contributed by atoms with Crippen molar-refractivity contribution >= 4 is 11.9 Å². The van der Waals surface area contributed by atoms with Crippen molar-refractivity contribution in [2.75, 3.05) is 6.61 Å². The molecule has 0 spiro atoms. The largest absolute Gasteiger partial charge is 0.463 e. The van der Waals surface area contributed by atoms with Gasteiger partial charge in [-0.15, -0.1) is 0 Å². The van der Waals surface area contributed by atoms with E-state index in [-0.39, 0.29) is 0 Å². The van der Waals surface area contributed by atoms with Gasteiger partial charge in [0, 0.05) is 6.42 Å². The molecule has 0 aliphatic carbocycles. The minimum absolute atomic E-state index is 0.323. The fourth-order valence-corrected chi connectivity index (χ4v) is 1.99. The second kappa shape index (κ2) is 5.87. The zero-order valence-corrected chi connectivity index (χ0v) is 11.2. The van der Waals surface area contributed by atoms with E-state index < -0.39 is 18.0 Å². The second-order valence-corrected chi connectivity index (χ2v) is 4.78. The molecule has 0 aromatic heterocycles. The van der Waals surface area contributed by atoms with Crippen molar-refractivity contribution in [1.29, 1.82) is 0 Å². The summed E-state index contributed by atoms with van der Waals surface area (Å²) in [5.74, 6) is -0.523. The number of hydrogen-bond donors (Lipinski definition) is 0. The molecule has 1 fully saturated rings. The number of hydrogen-bond acceptors (Lipinski definition) is 4. The number of esters is 2. The van der Waals surface area contributed by atoms with Crippen LogP contribution in [0.2, 0.25) is 0 Å². The maximum absolute atomic E-state index is 12.0. The highest BCUT2D eigenvalue weighted by molar-refractivity contribution is 5.91. The summed E-state index contributed by atoms with van der Waals surface area (Å²) in [4.78, 5) is 23.2. The van der Waals surface area contributed by atoms with Crippen LogP contribution < -0.4 is 0 Å². The SMILES string of the molecule is CCC(C)c1cccc(C(=O)OC2CCOC2=O)c1. The molecule has 1 aromatic carbocycles. The van der Waals surface area contributed by atoms with Gasteiger partial charge < -0.3 is 9.47 Å². The Bertz CT molecular complexity index is 481. The molecule has 102 valence electrons. The van der Waals surface area contributed by atoms with Crippen LogP contribution in [-0.4, -0.2) is 24.6 Å². The van der Waals surface area contributed by atoms with Crippen molar-refractivity contribution < 1.29 is 19.1 Å². The molecule has 1 aliphatic heterocycles. The molecule has 1 aliphatic rings. The predicted molar refractivity (Wildman–Crippen MR) is 69.9 cm³/mol.